The average molecular weight is 1850 g/mol. The molecule has 4 unspecified atom stereocenters. The first-order chi connectivity index (χ1) is 52.7. The molecule has 668 valence electrons. The largest absolute Gasteiger partial charge is 1.00 e. The van der Waals surface area contributed by atoms with Gasteiger partial charge in [0.25, 0.3) is 0 Å². The fourth-order valence-electron chi connectivity index (χ4n) is 14.5. The van der Waals surface area contributed by atoms with E-state index in [4.69, 9.17) is 16.7 Å². The van der Waals surface area contributed by atoms with Crippen LogP contribution in [0.3, 0.4) is 0 Å². The van der Waals surface area contributed by atoms with Crippen molar-refractivity contribution in [2.24, 2.45) is 0 Å². The van der Waals surface area contributed by atoms with Crippen LogP contribution < -0.4 is 177 Å². The van der Waals surface area contributed by atoms with Crippen LogP contribution in [0.15, 0.2) is 0 Å². The summed E-state index contributed by atoms with van der Waals surface area (Å²) in [6, 6.07) is 0. The predicted octanol–water partition coefficient (Wildman–Crippen LogP) is -3.54. The molecule has 0 aliphatic heterocycles. The molecular weight excluding hydrogens is 1700 g/mol. The molecule has 4 atom stereocenters. The fraction of sp³-hybridized carbons (Fsp3) is 1.00. The van der Waals surface area contributed by atoms with E-state index in [1.165, 1.54) is 12.8 Å². The summed E-state index contributed by atoms with van der Waals surface area (Å²) in [6.07, 6.45) is 41.3. The van der Waals surface area contributed by atoms with Gasteiger partial charge in [-0.3, -0.25) is 49.6 Å². The molecule has 0 saturated carbocycles. The van der Waals surface area contributed by atoms with Crippen LogP contribution >= 0.6 is 0 Å². The van der Waals surface area contributed by atoms with Gasteiger partial charge in [0.15, 0.2) is 0 Å². The summed E-state index contributed by atoms with van der Waals surface area (Å²) in [5.74, 6) is 0. The molecule has 0 aromatic carbocycles. The summed E-state index contributed by atoms with van der Waals surface area (Å²) < 4.78 is 255. The third-order valence-corrected chi connectivity index (χ3v) is 23.1. The monoisotopic (exact) mass is 1850 g/mol. The molecule has 0 aliphatic carbocycles. The second-order valence-corrected chi connectivity index (χ2v) is 36.9. The van der Waals surface area contributed by atoms with Crippen molar-refractivity contribution in [3.63, 3.8) is 0 Å². The molecule has 0 radical (unpaired) electrons. The molecule has 29 nitrogen and oxygen atoms in total. The predicted molar refractivity (Wildman–Crippen MR) is 431 cm³/mol. The van der Waals surface area contributed by atoms with Crippen LogP contribution in [0.4, 0.5) is 0 Å². The Hall–Kier alpha value is 5.02. The second-order valence-electron chi connectivity index (χ2n) is 30.8. The van der Waals surface area contributed by atoms with E-state index in [1.54, 1.807) is 24.5 Å². The van der Waals surface area contributed by atoms with Crippen molar-refractivity contribution in [1.82, 2.24) is 24.5 Å². The quantitative estimate of drug-likeness (QED) is 0.0246. The minimum atomic E-state index is -5.60. The van der Waals surface area contributed by atoms with Gasteiger partial charge in [-0.1, -0.05) is 324 Å². The van der Waals surface area contributed by atoms with E-state index in [1.807, 2.05) is 0 Å². The molecule has 0 amide bonds. The molecular formula is C76H153N5Na6O24S6. The minimum absolute atomic E-state index is 0. The zero-order valence-electron chi connectivity index (χ0n) is 75.2. The van der Waals surface area contributed by atoms with Crippen molar-refractivity contribution >= 4 is 62.4 Å². The van der Waals surface area contributed by atoms with Crippen molar-refractivity contribution in [2.75, 3.05) is 111 Å². The van der Waals surface area contributed by atoms with E-state index in [2.05, 4.69) is 43.0 Å². The van der Waals surface area contributed by atoms with E-state index in [9.17, 15) is 77.8 Å². The number of nitrogens with zero attached hydrogens (tertiary/aromatic N) is 5. The number of hydrogen-bond acceptors (Lipinski definition) is 29. The number of hydrogen-bond donors (Lipinski definition) is 0. The smallest absolute Gasteiger partial charge is 0.726 e. The standard InChI is InChI=1S/C76H159N5O24S6.6Na/c1-6-11-16-21-26-31-36-41-46-51-56-77(61-63-100-106(82,83)84)65-73(102-108(88,89)90)67-79(58-53-48-43-38-33-28-23-18-13-8-3)69-75(104-110(94,95)96)71-81(60-55-50-45-40-35-30-25-20-15-10-5)72-76(105-111(97,98)99)70-80(59-54-49-44-39-34-29-24-19-14-9-4)68-74(103-109(91,92)93)66-78(62-64-101-107(85,86)87)57-52-47-42-37-32-27-22-17-12-7-2;;;;;;/h73-76H,6-72H2,1-5H3,(H,82,83,84)(H,85,86,87)(H,88,89,90)(H,91,92,93)(H,94,95,96)(H,97,98,99);;;;;;/q;6*+1/p-6. The maximum atomic E-state index is 13.1. The molecule has 0 rings (SSSR count). The molecule has 0 fully saturated rings. The average Bonchev–Trinajstić information content (AvgIpc) is 0.860. The van der Waals surface area contributed by atoms with Crippen LogP contribution in [0.2, 0.25) is 0 Å². The van der Waals surface area contributed by atoms with E-state index >= 15 is 0 Å². The maximum absolute atomic E-state index is 13.1. The summed E-state index contributed by atoms with van der Waals surface area (Å²) in [4.78, 5) is 8.03. The molecule has 0 heterocycles. The first-order valence-corrected chi connectivity index (χ1v) is 51.1. The summed E-state index contributed by atoms with van der Waals surface area (Å²) in [5, 5.41) is 0. The topological polar surface area (TPSA) is 415 Å². The van der Waals surface area contributed by atoms with Crippen molar-refractivity contribution in [3.05, 3.63) is 0 Å². The molecule has 0 aromatic heterocycles. The van der Waals surface area contributed by atoms with E-state index < -0.39 is 139 Å². The molecule has 0 aliphatic rings. The molecule has 0 N–H and O–H groups in total. The van der Waals surface area contributed by atoms with Gasteiger partial charge in [-0.05, 0) is 64.8 Å². The third-order valence-electron chi connectivity index (χ3n) is 20.1. The Morgan fingerprint density at radius 1 is 0.188 bits per heavy atom. The normalized spacial score (nSPS) is 13.4. The Morgan fingerprint density at radius 3 is 0.453 bits per heavy atom. The van der Waals surface area contributed by atoms with Gasteiger partial charge in [0.1, 0.15) is 24.4 Å². The third kappa shape index (κ3) is 99.9. The van der Waals surface area contributed by atoms with Gasteiger partial charge < -0.3 is 27.3 Å². The Kier molecular flexibility index (Phi) is 101. The molecule has 41 heteroatoms. The molecule has 0 bridgehead atoms. The van der Waals surface area contributed by atoms with Crippen LogP contribution in [0.5, 0.6) is 0 Å². The Morgan fingerprint density at radius 2 is 0.316 bits per heavy atom. The summed E-state index contributed by atoms with van der Waals surface area (Å²) in [6.45, 7) is 6.60. The second kappa shape index (κ2) is 87.7. The molecule has 117 heavy (non-hydrogen) atoms. The van der Waals surface area contributed by atoms with E-state index in [-0.39, 0.29) is 236 Å². The van der Waals surface area contributed by atoms with Crippen LogP contribution in [-0.4, -0.2) is 238 Å². The first-order valence-electron chi connectivity index (χ1n) is 43.1. The number of rotatable bonds is 87. The summed E-state index contributed by atoms with van der Waals surface area (Å²) >= 11 is 0. The van der Waals surface area contributed by atoms with Gasteiger partial charge in [0.2, 0.25) is 62.4 Å². The number of unbranched alkanes of at least 4 members (excludes halogenated alkanes) is 45. The van der Waals surface area contributed by atoms with Crippen LogP contribution in [-0.2, 0) is 87.5 Å². The molecule has 0 spiro atoms. The maximum Gasteiger partial charge on any atom is 1.00 e. The van der Waals surface area contributed by atoms with Gasteiger partial charge in [-0.25, -0.2) is 50.5 Å². The van der Waals surface area contributed by atoms with Gasteiger partial charge in [-0.2, -0.15) is 0 Å². The Bertz CT molecular complexity index is 2720. The van der Waals surface area contributed by atoms with Gasteiger partial charge in [0, 0.05) is 65.4 Å². The summed E-state index contributed by atoms with van der Waals surface area (Å²) in [5.41, 5.74) is 0. The van der Waals surface area contributed by atoms with Gasteiger partial charge in [-0.15, -0.1) is 0 Å². The van der Waals surface area contributed by atoms with Gasteiger partial charge in [0.05, 0.1) is 13.2 Å². The van der Waals surface area contributed by atoms with Crippen molar-refractivity contribution in [3.8, 4) is 0 Å². The van der Waals surface area contributed by atoms with E-state index in [0.717, 1.165) is 257 Å². The van der Waals surface area contributed by atoms with Crippen molar-refractivity contribution in [2.45, 2.75) is 380 Å². The fourth-order valence-corrected chi connectivity index (χ4v) is 16.8. The Balaban J connectivity index is -0.00000403. The Labute approximate surface area is 847 Å². The molecule has 0 saturated heterocycles. The summed E-state index contributed by atoms with van der Waals surface area (Å²) in [7, 11) is -32.5. The zero-order valence-corrected chi connectivity index (χ0v) is 92.1. The van der Waals surface area contributed by atoms with Gasteiger partial charge >= 0.3 is 177 Å². The minimum Gasteiger partial charge on any atom is -0.726 e. The van der Waals surface area contributed by atoms with Crippen molar-refractivity contribution in [1.29, 1.82) is 0 Å². The molecule has 0 aromatic rings. The van der Waals surface area contributed by atoms with Crippen LogP contribution in [0.25, 0.3) is 0 Å². The SMILES string of the molecule is CCCCCCCCCCCCN(CCOS(=O)(=O)[O-])CC(CN(CCCCCCCCCCCC)CC(CN(CCCCCCCCCCCC)CC(CN(CCCCCCCCCCCC)CC(CN(CCCCCCCCCCCC)CCOS(=O)(=O)[O-])OS(=O)(=O)[O-])OS(=O)(=O)[O-])OS(=O)(=O)[O-])OS(=O)(=O)[O-].[Na+].[Na+].[Na+].[Na+].[Na+].[Na+]. The zero-order chi connectivity index (χ0) is 82.8. The first kappa shape index (κ1) is 135. The van der Waals surface area contributed by atoms with E-state index in [0.29, 0.717) is 51.4 Å². The van der Waals surface area contributed by atoms with Crippen LogP contribution in [0.1, 0.15) is 356 Å². The van der Waals surface area contributed by atoms with Crippen molar-refractivity contribution < 1.29 is 280 Å². The van der Waals surface area contributed by atoms with Crippen LogP contribution in [0, 0.1) is 0 Å².